The van der Waals surface area contributed by atoms with Gasteiger partial charge in [-0.2, -0.15) is 10.2 Å². The molecule has 0 saturated carbocycles. The van der Waals surface area contributed by atoms with Gasteiger partial charge in [0.05, 0.1) is 5.69 Å². The first kappa shape index (κ1) is 29.2. The largest absolute Gasteiger partial charge is 0.265 e. The summed E-state index contributed by atoms with van der Waals surface area (Å²) in [5, 5.41) is 9.07. The second-order valence-electron chi connectivity index (χ2n) is 12.8. The van der Waals surface area contributed by atoms with E-state index in [1.54, 1.807) is 6.20 Å². The standard InChI is InChI=1S/C37H41N5/c1-33(2,28-15-9-8-10-16-28)37(7,32-18-11-12-23-40-32)36(6,30-17-13-22-39-27-30)35(5,29-20-25-38-26-21-29)34(3,4)31-19-14-24-41-42-31/h8-27H,1-7H3. The maximum Gasteiger partial charge on any atom is 0.0696 e. The Labute approximate surface area is 250 Å². The van der Waals surface area contributed by atoms with Gasteiger partial charge >= 0.3 is 0 Å². The fourth-order valence-electron chi connectivity index (χ4n) is 7.59. The maximum atomic E-state index is 5.14. The van der Waals surface area contributed by atoms with Gasteiger partial charge in [0, 0.05) is 69.9 Å². The van der Waals surface area contributed by atoms with Gasteiger partial charge in [-0.15, -0.1) is 0 Å². The molecule has 0 amide bonds. The van der Waals surface area contributed by atoms with Crippen molar-refractivity contribution in [3.05, 3.63) is 150 Å². The van der Waals surface area contributed by atoms with Gasteiger partial charge in [0.25, 0.3) is 0 Å². The third-order valence-corrected chi connectivity index (χ3v) is 10.9. The summed E-state index contributed by atoms with van der Waals surface area (Å²) in [6.45, 7) is 16.5. The number of pyridine rings is 3. The summed E-state index contributed by atoms with van der Waals surface area (Å²) < 4.78 is 0. The molecule has 5 aromatic rings. The van der Waals surface area contributed by atoms with Crippen molar-refractivity contribution in [1.29, 1.82) is 0 Å². The molecule has 0 saturated heterocycles. The number of nitrogens with zero attached hydrogens (tertiary/aromatic N) is 5. The summed E-state index contributed by atoms with van der Waals surface area (Å²) in [5.74, 6) is 0. The lowest BCUT2D eigenvalue weighted by atomic mass is 9.36. The monoisotopic (exact) mass is 555 g/mol. The molecule has 0 aliphatic rings. The molecule has 3 unspecified atom stereocenters. The zero-order chi connectivity index (χ0) is 30.1. The molecule has 3 atom stereocenters. The van der Waals surface area contributed by atoms with Gasteiger partial charge in [-0.05, 0) is 59.2 Å². The van der Waals surface area contributed by atoms with Crippen LogP contribution in [0.4, 0.5) is 0 Å². The van der Waals surface area contributed by atoms with Gasteiger partial charge in [-0.25, -0.2) is 0 Å². The Morgan fingerprint density at radius 2 is 1.07 bits per heavy atom. The third kappa shape index (κ3) is 4.17. The van der Waals surface area contributed by atoms with E-state index in [-0.39, 0.29) is 0 Å². The van der Waals surface area contributed by atoms with Crippen LogP contribution in [0.1, 0.15) is 76.5 Å². The Kier molecular flexibility index (Phi) is 7.57. The normalized spacial score (nSPS) is 16.5. The lowest BCUT2D eigenvalue weighted by Gasteiger charge is -2.66. The molecule has 5 heteroatoms. The molecule has 0 aliphatic carbocycles. The minimum absolute atomic E-state index is 0.403. The Bertz CT molecular complexity index is 1490. The topological polar surface area (TPSA) is 64.5 Å². The van der Waals surface area contributed by atoms with Crippen LogP contribution in [0.3, 0.4) is 0 Å². The molecule has 0 spiro atoms. The van der Waals surface area contributed by atoms with Crippen molar-refractivity contribution >= 4 is 0 Å². The highest BCUT2D eigenvalue weighted by Gasteiger charge is 2.68. The highest BCUT2D eigenvalue weighted by molar-refractivity contribution is 5.52. The number of hydrogen-bond donors (Lipinski definition) is 0. The Balaban J connectivity index is 2.00. The minimum atomic E-state index is -0.635. The van der Waals surface area contributed by atoms with Crippen molar-refractivity contribution in [3.8, 4) is 0 Å². The first-order valence-corrected chi connectivity index (χ1v) is 14.6. The summed E-state index contributed by atoms with van der Waals surface area (Å²) in [5.41, 5.74) is 2.70. The van der Waals surface area contributed by atoms with Crippen molar-refractivity contribution in [2.75, 3.05) is 0 Å². The Hall–Kier alpha value is -4.25. The fraction of sp³-hybridized carbons (Fsp3) is 0.324. The predicted molar refractivity (Wildman–Crippen MR) is 169 cm³/mol. The molecule has 0 fully saturated rings. The molecule has 5 nitrogen and oxygen atoms in total. The van der Waals surface area contributed by atoms with E-state index in [0.29, 0.717) is 0 Å². The number of aromatic nitrogens is 5. The van der Waals surface area contributed by atoms with E-state index in [1.165, 1.54) is 5.56 Å². The Morgan fingerprint density at radius 3 is 1.67 bits per heavy atom. The first-order valence-electron chi connectivity index (χ1n) is 14.6. The van der Waals surface area contributed by atoms with Crippen LogP contribution < -0.4 is 0 Å². The Morgan fingerprint density at radius 1 is 0.429 bits per heavy atom. The van der Waals surface area contributed by atoms with Crippen LogP contribution in [0, 0.1) is 0 Å². The summed E-state index contributed by atoms with van der Waals surface area (Å²) in [7, 11) is 0. The maximum absolute atomic E-state index is 5.14. The van der Waals surface area contributed by atoms with Crippen LogP contribution in [0.15, 0.2) is 122 Å². The SMILES string of the molecule is CC(C)(c1cccnn1)C(C)(c1ccncc1)C(C)(c1cccnc1)C(C)(c1ccccn1)C(C)(C)c1ccccc1. The van der Waals surface area contributed by atoms with Crippen LogP contribution in [-0.4, -0.2) is 25.1 Å². The second kappa shape index (κ2) is 10.9. The highest BCUT2D eigenvalue weighted by atomic mass is 15.1. The number of benzene rings is 1. The zero-order valence-corrected chi connectivity index (χ0v) is 25.8. The average Bonchev–Trinajstić information content (AvgIpc) is 3.05. The highest BCUT2D eigenvalue weighted by Crippen LogP contribution is 2.66. The fourth-order valence-corrected chi connectivity index (χ4v) is 7.59. The van der Waals surface area contributed by atoms with Crippen molar-refractivity contribution in [2.45, 2.75) is 75.5 Å². The van der Waals surface area contributed by atoms with Gasteiger partial charge in [0.2, 0.25) is 0 Å². The molecular formula is C37H41N5. The van der Waals surface area contributed by atoms with Gasteiger partial charge in [0.1, 0.15) is 0 Å². The zero-order valence-electron chi connectivity index (χ0n) is 25.8. The predicted octanol–water partition coefficient (Wildman–Crippen LogP) is 7.79. The molecule has 5 rings (SSSR count). The number of rotatable bonds is 9. The van der Waals surface area contributed by atoms with Crippen molar-refractivity contribution in [3.63, 3.8) is 0 Å². The number of hydrogen-bond acceptors (Lipinski definition) is 5. The van der Waals surface area contributed by atoms with E-state index in [9.17, 15) is 0 Å². The molecule has 0 radical (unpaired) electrons. The van der Waals surface area contributed by atoms with E-state index in [2.05, 4.69) is 125 Å². The third-order valence-electron chi connectivity index (χ3n) is 10.9. The molecule has 42 heavy (non-hydrogen) atoms. The van der Waals surface area contributed by atoms with Crippen molar-refractivity contribution < 1.29 is 0 Å². The van der Waals surface area contributed by atoms with Gasteiger partial charge < -0.3 is 0 Å². The van der Waals surface area contributed by atoms with Crippen LogP contribution in [0.2, 0.25) is 0 Å². The van der Waals surface area contributed by atoms with Gasteiger partial charge in [0.15, 0.2) is 0 Å². The minimum Gasteiger partial charge on any atom is -0.265 e. The van der Waals surface area contributed by atoms with E-state index < -0.39 is 27.1 Å². The van der Waals surface area contributed by atoms with Crippen LogP contribution >= 0.6 is 0 Å². The molecule has 0 aliphatic heterocycles. The summed E-state index contributed by atoms with van der Waals surface area (Å²) >= 11 is 0. The molecule has 0 N–H and O–H groups in total. The molecule has 4 heterocycles. The van der Waals surface area contributed by atoms with Crippen LogP contribution in [-0.2, 0) is 27.1 Å². The quantitative estimate of drug-likeness (QED) is 0.186. The van der Waals surface area contributed by atoms with E-state index in [0.717, 1.165) is 22.5 Å². The van der Waals surface area contributed by atoms with E-state index in [1.807, 2.05) is 49.2 Å². The summed E-state index contributed by atoms with van der Waals surface area (Å²) in [6.07, 6.45) is 11.3. The van der Waals surface area contributed by atoms with Gasteiger partial charge in [-0.1, -0.05) is 90.9 Å². The average molecular weight is 556 g/mol. The lowest BCUT2D eigenvalue weighted by molar-refractivity contribution is 0.0277. The van der Waals surface area contributed by atoms with Crippen LogP contribution in [0.5, 0.6) is 0 Å². The first-order chi connectivity index (χ1) is 20.0. The second-order valence-corrected chi connectivity index (χ2v) is 12.8. The van der Waals surface area contributed by atoms with Gasteiger partial charge in [-0.3, -0.25) is 15.0 Å². The van der Waals surface area contributed by atoms with E-state index in [4.69, 9.17) is 15.1 Å². The molecular weight excluding hydrogens is 514 g/mol. The van der Waals surface area contributed by atoms with E-state index >= 15 is 0 Å². The van der Waals surface area contributed by atoms with Crippen molar-refractivity contribution in [1.82, 2.24) is 25.1 Å². The molecule has 214 valence electrons. The lowest BCUT2D eigenvalue weighted by Crippen LogP contribution is -2.69. The van der Waals surface area contributed by atoms with Crippen molar-refractivity contribution in [2.24, 2.45) is 0 Å². The van der Waals surface area contributed by atoms with Crippen LogP contribution in [0.25, 0.3) is 0 Å². The summed E-state index contributed by atoms with van der Waals surface area (Å²) in [6, 6.07) is 29.7. The summed E-state index contributed by atoms with van der Waals surface area (Å²) in [4.78, 5) is 14.3. The molecule has 4 aromatic heterocycles. The smallest absolute Gasteiger partial charge is 0.0696 e. The molecule has 1 aromatic carbocycles. The molecule has 0 bridgehead atoms.